The number of aliphatic imine (C=N–C) groups is 1. The van der Waals surface area contributed by atoms with Gasteiger partial charge in [-0.15, -0.1) is 0 Å². The van der Waals surface area contributed by atoms with Crippen molar-refractivity contribution in [2.75, 3.05) is 26.3 Å². The molecule has 1 aliphatic heterocycles. The van der Waals surface area contributed by atoms with Crippen LogP contribution in [0, 0.1) is 0 Å². The number of alkyl halides is 1. The topological polar surface area (TPSA) is 37.6 Å². The lowest BCUT2D eigenvalue weighted by Crippen LogP contribution is -2.28. The summed E-state index contributed by atoms with van der Waals surface area (Å²) < 4.78 is 15.6. The Hall–Kier alpha value is -0.760. The molecule has 1 fully saturated rings. The summed E-state index contributed by atoms with van der Waals surface area (Å²) in [6.45, 7) is 1.71. The highest BCUT2D eigenvalue weighted by molar-refractivity contribution is 14.1. The van der Waals surface area contributed by atoms with Crippen LogP contribution in [-0.2, 0) is 0 Å². The van der Waals surface area contributed by atoms with Gasteiger partial charge in [0.05, 0.1) is 10.3 Å². The normalized spacial score (nSPS) is 20.9. The van der Waals surface area contributed by atoms with Crippen molar-refractivity contribution in [3.05, 3.63) is 28.7 Å². The minimum atomic E-state index is -0.333. The number of halogens is 2. The SMILES string of the molecule is O=c1c(N=CI)cccn1[C@H]1CCN(CCF)C1. The average molecular weight is 363 g/mol. The molecule has 0 radical (unpaired) electrons. The largest absolute Gasteiger partial charge is 0.309 e. The fraction of sp³-hybridized carbons (Fsp3) is 0.500. The molecule has 0 aliphatic carbocycles. The lowest BCUT2D eigenvalue weighted by molar-refractivity contribution is 0.287. The first-order valence-electron chi connectivity index (χ1n) is 5.88. The van der Waals surface area contributed by atoms with Gasteiger partial charge in [-0.2, -0.15) is 0 Å². The van der Waals surface area contributed by atoms with Crippen LogP contribution in [0.15, 0.2) is 28.1 Å². The molecule has 0 N–H and O–H groups in total. The summed E-state index contributed by atoms with van der Waals surface area (Å²) >= 11 is 1.99. The minimum absolute atomic E-state index is 0.0717. The zero-order chi connectivity index (χ0) is 13.0. The molecule has 1 aromatic rings. The van der Waals surface area contributed by atoms with E-state index in [4.69, 9.17) is 0 Å². The molecule has 1 aliphatic rings. The van der Waals surface area contributed by atoms with Crippen LogP contribution in [0.5, 0.6) is 0 Å². The van der Waals surface area contributed by atoms with E-state index in [2.05, 4.69) is 4.99 Å². The van der Waals surface area contributed by atoms with E-state index in [1.165, 1.54) is 0 Å². The Labute approximate surface area is 119 Å². The molecule has 0 aromatic carbocycles. The van der Waals surface area contributed by atoms with Gasteiger partial charge in [-0.05, 0) is 41.1 Å². The first-order valence-corrected chi connectivity index (χ1v) is 7.13. The lowest BCUT2D eigenvalue weighted by atomic mass is 10.2. The molecule has 1 saturated heterocycles. The maximum atomic E-state index is 12.3. The molecule has 0 spiro atoms. The van der Waals surface area contributed by atoms with Crippen molar-refractivity contribution in [3.8, 4) is 0 Å². The molecule has 98 valence electrons. The Morgan fingerprint density at radius 1 is 1.61 bits per heavy atom. The number of hydrogen-bond acceptors (Lipinski definition) is 3. The van der Waals surface area contributed by atoms with E-state index in [1.54, 1.807) is 21.1 Å². The molecule has 6 heteroatoms. The van der Waals surface area contributed by atoms with Crippen molar-refractivity contribution in [3.63, 3.8) is 0 Å². The molecule has 1 atom stereocenters. The van der Waals surface area contributed by atoms with E-state index in [9.17, 15) is 9.18 Å². The van der Waals surface area contributed by atoms with Crippen LogP contribution in [0.25, 0.3) is 0 Å². The number of pyridine rings is 1. The fourth-order valence-electron chi connectivity index (χ4n) is 2.30. The number of rotatable bonds is 4. The van der Waals surface area contributed by atoms with Crippen molar-refractivity contribution in [1.82, 2.24) is 9.47 Å². The van der Waals surface area contributed by atoms with E-state index >= 15 is 0 Å². The predicted molar refractivity (Wildman–Crippen MR) is 78.9 cm³/mol. The number of hydrogen-bond donors (Lipinski definition) is 0. The molecule has 0 bridgehead atoms. The summed E-state index contributed by atoms with van der Waals surface area (Å²) in [7, 11) is 0. The van der Waals surface area contributed by atoms with Crippen LogP contribution in [0.4, 0.5) is 10.1 Å². The summed E-state index contributed by atoms with van der Waals surface area (Å²) in [4.78, 5) is 18.3. The summed E-state index contributed by atoms with van der Waals surface area (Å²) in [6.07, 6.45) is 2.68. The standard InChI is InChI=1S/C12H15FIN3O/c13-4-7-16-6-3-10(8-16)17-5-1-2-11(12(17)18)15-9-14/h1-2,5,9-10H,3-4,6-8H2/t10-/m0/s1. The zero-order valence-electron chi connectivity index (χ0n) is 9.93. The second-order valence-corrected chi connectivity index (χ2v) is 4.82. The highest BCUT2D eigenvalue weighted by Gasteiger charge is 2.24. The van der Waals surface area contributed by atoms with E-state index in [0.717, 1.165) is 19.5 Å². The fourth-order valence-corrected chi connectivity index (χ4v) is 2.60. The van der Waals surface area contributed by atoms with Gasteiger partial charge >= 0.3 is 0 Å². The maximum Gasteiger partial charge on any atom is 0.276 e. The van der Waals surface area contributed by atoms with Gasteiger partial charge in [-0.3, -0.25) is 9.69 Å². The van der Waals surface area contributed by atoms with Crippen LogP contribution in [0.3, 0.4) is 0 Å². The van der Waals surface area contributed by atoms with Crippen LogP contribution >= 0.6 is 22.6 Å². The highest BCUT2D eigenvalue weighted by Crippen LogP contribution is 2.20. The molecule has 0 amide bonds. The molecule has 0 unspecified atom stereocenters. The van der Waals surface area contributed by atoms with Gasteiger partial charge in [0.15, 0.2) is 0 Å². The van der Waals surface area contributed by atoms with Crippen molar-refractivity contribution >= 4 is 32.5 Å². The first-order chi connectivity index (χ1) is 8.76. The van der Waals surface area contributed by atoms with Gasteiger partial charge in [-0.1, -0.05) is 0 Å². The molecule has 0 saturated carbocycles. The quantitative estimate of drug-likeness (QED) is 0.608. The third-order valence-electron chi connectivity index (χ3n) is 3.18. The third kappa shape index (κ3) is 2.97. The van der Waals surface area contributed by atoms with E-state index in [-0.39, 0.29) is 18.3 Å². The third-order valence-corrected chi connectivity index (χ3v) is 3.46. The highest BCUT2D eigenvalue weighted by atomic mass is 127. The van der Waals surface area contributed by atoms with Crippen molar-refractivity contribution in [2.24, 2.45) is 4.99 Å². The molecule has 2 heterocycles. The zero-order valence-corrected chi connectivity index (χ0v) is 12.1. The van der Waals surface area contributed by atoms with Crippen molar-refractivity contribution in [2.45, 2.75) is 12.5 Å². The van der Waals surface area contributed by atoms with Gasteiger partial charge in [0.1, 0.15) is 12.4 Å². The smallest absolute Gasteiger partial charge is 0.276 e. The first kappa shape index (κ1) is 13.7. The van der Waals surface area contributed by atoms with E-state index in [1.807, 2.05) is 33.6 Å². The predicted octanol–water partition coefficient (Wildman–Crippen LogP) is 2.16. The summed E-state index contributed by atoms with van der Waals surface area (Å²) in [6, 6.07) is 3.67. The number of aromatic nitrogens is 1. The monoisotopic (exact) mass is 363 g/mol. The summed E-state index contributed by atoms with van der Waals surface area (Å²) in [5.41, 5.74) is 0.383. The Kier molecular flexibility index (Phi) is 4.87. The minimum Gasteiger partial charge on any atom is -0.309 e. The van der Waals surface area contributed by atoms with Crippen LogP contribution in [0.1, 0.15) is 12.5 Å². The van der Waals surface area contributed by atoms with Gasteiger partial charge < -0.3 is 4.57 Å². The second kappa shape index (κ2) is 6.42. The molecule has 18 heavy (non-hydrogen) atoms. The van der Waals surface area contributed by atoms with Gasteiger partial charge in [0.25, 0.3) is 5.56 Å². The second-order valence-electron chi connectivity index (χ2n) is 4.26. The van der Waals surface area contributed by atoms with Crippen LogP contribution in [0.2, 0.25) is 0 Å². The molecule has 1 aromatic heterocycles. The number of likely N-dealkylation sites (tertiary alicyclic amines) is 1. The average Bonchev–Trinajstić information content (AvgIpc) is 2.81. The van der Waals surface area contributed by atoms with Crippen LogP contribution in [-0.4, -0.2) is 40.0 Å². The van der Waals surface area contributed by atoms with Gasteiger partial charge in [0.2, 0.25) is 0 Å². The van der Waals surface area contributed by atoms with Crippen molar-refractivity contribution in [1.29, 1.82) is 0 Å². The molecular formula is C12H15FIN3O. The van der Waals surface area contributed by atoms with Crippen molar-refractivity contribution < 1.29 is 4.39 Å². The van der Waals surface area contributed by atoms with Gasteiger partial charge in [0, 0.05) is 25.8 Å². The molecule has 4 nitrogen and oxygen atoms in total. The number of nitrogens with zero attached hydrogens (tertiary/aromatic N) is 3. The maximum absolute atomic E-state index is 12.3. The van der Waals surface area contributed by atoms with Crippen LogP contribution < -0.4 is 5.56 Å². The van der Waals surface area contributed by atoms with E-state index < -0.39 is 0 Å². The van der Waals surface area contributed by atoms with E-state index in [0.29, 0.717) is 12.2 Å². The Morgan fingerprint density at radius 2 is 2.44 bits per heavy atom. The lowest BCUT2D eigenvalue weighted by Gasteiger charge is -2.16. The Balaban J connectivity index is 2.20. The van der Waals surface area contributed by atoms with Gasteiger partial charge in [-0.25, -0.2) is 9.38 Å². The molecule has 2 rings (SSSR count). The Morgan fingerprint density at radius 3 is 3.17 bits per heavy atom. The Bertz CT molecular complexity index is 488. The summed E-state index contributed by atoms with van der Waals surface area (Å²) in [5.74, 6) is 0. The molecular weight excluding hydrogens is 348 g/mol. The summed E-state index contributed by atoms with van der Waals surface area (Å²) in [5, 5.41) is 0.